The Hall–Kier alpha value is -3.02. The van der Waals surface area contributed by atoms with Gasteiger partial charge in [0.15, 0.2) is 5.96 Å². The number of nitrogens with one attached hydrogen (secondary N) is 2. The van der Waals surface area contributed by atoms with E-state index in [9.17, 15) is 4.39 Å². The summed E-state index contributed by atoms with van der Waals surface area (Å²) in [5.41, 5.74) is 8.68. The normalized spacial score (nSPS) is 11.9. The van der Waals surface area contributed by atoms with Crippen molar-refractivity contribution in [3.05, 3.63) is 60.0 Å². The minimum Gasteiger partial charge on any atom is -0.491 e. The average molecular weight is 354 g/mol. The number of anilines is 1. The highest BCUT2D eigenvalue weighted by Crippen LogP contribution is 2.20. The van der Waals surface area contributed by atoms with Crippen LogP contribution < -0.4 is 15.8 Å². The Morgan fingerprint density at radius 3 is 2.73 bits per heavy atom. The molecule has 0 fully saturated rings. The van der Waals surface area contributed by atoms with Crippen molar-refractivity contribution >= 4 is 22.5 Å². The fourth-order valence-corrected chi connectivity index (χ4v) is 2.74. The van der Waals surface area contributed by atoms with Crippen LogP contribution in [0.2, 0.25) is 0 Å². The lowest BCUT2D eigenvalue weighted by molar-refractivity contribution is 0.242. The van der Waals surface area contributed by atoms with Crippen LogP contribution in [0.3, 0.4) is 0 Å². The molecule has 0 atom stereocenters. The van der Waals surface area contributed by atoms with Crippen molar-refractivity contribution in [2.75, 3.05) is 11.9 Å². The third-order valence-corrected chi connectivity index (χ3v) is 3.89. The van der Waals surface area contributed by atoms with Gasteiger partial charge in [-0.15, -0.1) is 0 Å². The molecule has 2 aromatic carbocycles. The number of aromatic amines is 1. The number of H-pyrrole nitrogens is 1. The van der Waals surface area contributed by atoms with Gasteiger partial charge in [-0.3, -0.25) is 4.99 Å². The number of nitrogens with zero attached hydrogens (tertiary/aromatic N) is 1. The third kappa shape index (κ3) is 4.53. The van der Waals surface area contributed by atoms with E-state index in [4.69, 9.17) is 10.5 Å². The van der Waals surface area contributed by atoms with Crippen molar-refractivity contribution in [2.24, 2.45) is 10.7 Å². The zero-order valence-corrected chi connectivity index (χ0v) is 14.9. The summed E-state index contributed by atoms with van der Waals surface area (Å²) in [5.74, 6) is 0.924. The molecule has 26 heavy (non-hydrogen) atoms. The molecule has 136 valence electrons. The Kier molecular flexibility index (Phi) is 5.41. The van der Waals surface area contributed by atoms with E-state index in [0.717, 1.165) is 34.3 Å². The monoisotopic (exact) mass is 354 g/mol. The number of hydrogen-bond acceptors (Lipinski definition) is 2. The lowest BCUT2D eigenvalue weighted by atomic mass is 10.1. The minimum absolute atomic E-state index is 0.140. The fourth-order valence-electron chi connectivity index (χ4n) is 2.74. The molecule has 0 bridgehead atoms. The smallest absolute Gasteiger partial charge is 0.193 e. The first-order valence-electron chi connectivity index (χ1n) is 8.60. The van der Waals surface area contributed by atoms with Gasteiger partial charge in [0, 0.05) is 29.3 Å². The summed E-state index contributed by atoms with van der Waals surface area (Å²) in [5, 5.41) is 4.07. The number of guanidine groups is 1. The summed E-state index contributed by atoms with van der Waals surface area (Å²) in [7, 11) is 0. The molecule has 0 aliphatic carbocycles. The topological polar surface area (TPSA) is 75.4 Å². The summed E-state index contributed by atoms with van der Waals surface area (Å²) in [4.78, 5) is 7.43. The Labute approximate surface area is 152 Å². The largest absolute Gasteiger partial charge is 0.491 e. The second-order valence-electron chi connectivity index (χ2n) is 6.34. The quantitative estimate of drug-likeness (QED) is 0.461. The number of ether oxygens (including phenoxy) is 1. The molecule has 1 heterocycles. The SMILES string of the molecule is CC(C)Oc1ccc(NC(N)=NCCc2c[nH]c3cc(F)ccc23)cc1. The zero-order valence-electron chi connectivity index (χ0n) is 14.9. The van der Waals surface area contributed by atoms with Gasteiger partial charge in [0.1, 0.15) is 11.6 Å². The molecule has 0 aliphatic rings. The van der Waals surface area contributed by atoms with Gasteiger partial charge in [-0.05, 0) is 68.3 Å². The van der Waals surface area contributed by atoms with Crippen molar-refractivity contribution in [1.82, 2.24) is 4.98 Å². The maximum absolute atomic E-state index is 13.2. The lowest BCUT2D eigenvalue weighted by Crippen LogP contribution is -2.23. The van der Waals surface area contributed by atoms with Gasteiger partial charge in [0.05, 0.1) is 6.10 Å². The van der Waals surface area contributed by atoms with Crippen molar-refractivity contribution < 1.29 is 9.13 Å². The first-order chi connectivity index (χ1) is 12.5. The Bertz CT molecular complexity index is 900. The van der Waals surface area contributed by atoms with Crippen molar-refractivity contribution in [1.29, 1.82) is 0 Å². The van der Waals surface area contributed by atoms with E-state index in [1.165, 1.54) is 12.1 Å². The molecule has 0 saturated heterocycles. The van der Waals surface area contributed by atoms with Crippen LogP contribution in [0.15, 0.2) is 53.7 Å². The number of hydrogen-bond donors (Lipinski definition) is 3. The molecule has 3 rings (SSSR count). The predicted molar refractivity (Wildman–Crippen MR) is 104 cm³/mol. The van der Waals surface area contributed by atoms with Crippen LogP contribution in [-0.2, 0) is 6.42 Å². The molecular weight excluding hydrogens is 331 g/mol. The molecule has 0 aliphatic heterocycles. The molecule has 1 aromatic heterocycles. The number of rotatable bonds is 6. The second-order valence-corrected chi connectivity index (χ2v) is 6.34. The van der Waals surface area contributed by atoms with Crippen LogP contribution in [0.25, 0.3) is 10.9 Å². The van der Waals surface area contributed by atoms with Gasteiger partial charge < -0.3 is 20.8 Å². The molecule has 6 heteroatoms. The van der Waals surface area contributed by atoms with E-state index in [0.29, 0.717) is 12.5 Å². The standard InChI is InChI=1S/C20H23FN4O/c1-13(2)26-17-6-4-16(5-7-17)25-20(22)23-10-9-14-12-24-19-11-15(21)3-8-18(14)19/h3-8,11-13,24H,9-10H2,1-2H3,(H3,22,23,25). The summed E-state index contributed by atoms with van der Waals surface area (Å²) in [6.07, 6.45) is 2.74. The molecule has 0 amide bonds. The number of nitrogens with two attached hydrogens (primary N) is 1. The van der Waals surface area contributed by atoms with Crippen LogP contribution >= 0.6 is 0 Å². The Balaban J connectivity index is 1.56. The Morgan fingerprint density at radius 1 is 1.23 bits per heavy atom. The molecule has 0 spiro atoms. The fraction of sp³-hybridized carbons (Fsp3) is 0.250. The summed E-state index contributed by atoms with van der Waals surface area (Å²) in [6, 6.07) is 12.3. The molecule has 0 saturated carbocycles. The van der Waals surface area contributed by atoms with Crippen molar-refractivity contribution in [2.45, 2.75) is 26.4 Å². The van der Waals surface area contributed by atoms with Crippen LogP contribution in [-0.4, -0.2) is 23.6 Å². The predicted octanol–water partition coefficient (Wildman–Crippen LogP) is 4.06. The zero-order chi connectivity index (χ0) is 18.5. The highest BCUT2D eigenvalue weighted by Gasteiger charge is 2.04. The summed E-state index contributed by atoms with van der Waals surface area (Å²) in [6.45, 7) is 4.51. The summed E-state index contributed by atoms with van der Waals surface area (Å²) < 4.78 is 18.8. The van der Waals surface area contributed by atoms with E-state index >= 15 is 0 Å². The first kappa shape index (κ1) is 17.8. The van der Waals surface area contributed by atoms with Crippen LogP contribution in [0.4, 0.5) is 10.1 Å². The maximum atomic E-state index is 13.2. The lowest BCUT2D eigenvalue weighted by Gasteiger charge is -2.10. The van der Waals surface area contributed by atoms with Gasteiger partial charge in [0.2, 0.25) is 0 Å². The summed E-state index contributed by atoms with van der Waals surface area (Å²) >= 11 is 0. The Morgan fingerprint density at radius 2 is 2.00 bits per heavy atom. The molecule has 0 unspecified atom stereocenters. The third-order valence-electron chi connectivity index (χ3n) is 3.89. The van der Waals surface area contributed by atoms with Gasteiger partial charge in [-0.25, -0.2) is 4.39 Å². The van der Waals surface area contributed by atoms with E-state index < -0.39 is 0 Å². The van der Waals surface area contributed by atoms with E-state index in [2.05, 4.69) is 15.3 Å². The van der Waals surface area contributed by atoms with Crippen LogP contribution in [0.1, 0.15) is 19.4 Å². The van der Waals surface area contributed by atoms with E-state index in [1.54, 1.807) is 6.07 Å². The number of halogens is 1. The van der Waals surface area contributed by atoms with E-state index in [1.807, 2.05) is 44.3 Å². The molecular formula is C20H23FN4O. The van der Waals surface area contributed by atoms with E-state index in [-0.39, 0.29) is 11.9 Å². The molecule has 3 aromatic rings. The van der Waals surface area contributed by atoms with Gasteiger partial charge >= 0.3 is 0 Å². The number of aliphatic imine (C=N–C) groups is 1. The van der Waals surface area contributed by atoms with Crippen LogP contribution in [0.5, 0.6) is 5.75 Å². The van der Waals surface area contributed by atoms with Gasteiger partial charge in [0.25, 0.3) is 0 Å². The number of fused-ring (bicyclic) bond motifs is 1. The molecule has 4 N–H and O–H groups in total. The first-order valence-corrected chi connectivity index (χ1v) is 8.60. The van der Waals surface area contributed by atoms with Gasteiger partial charge in [-0.2, -0.15) is 0 Å². The van der Waals surface area contributed by atoms with Gasteiger partial charge in [-0.1, -0.05) is 0 Å². The van der Waals surface area contributed by atoms with Crippen molar-refractivity contribution in [3.8, 4) is 5.75 Å². The highest BCUT2D eigenvalue weighted by molar-refractivity contribution is 5.92. The minimum atomic E-state index is -0.248. The highest BCUT2D eigenvalue weighted by atomic mass is 19.1. The number of aromatic nitrogens is 1. The second kappa shape index (κ2) is 7.91. The average Bonchev–Trinajstić information content (AvgIpc) is 2.98. The molecule has 5 nitrogen and oxygen atoms in total. The maximum Gasteiger partial charge on any atom is 0.193 e. The van der Waals surface area contributed by atoms with Crippen LogP contribution in [0, 0.1) is 5.82 Å². The van der Waals surface area contributed by atoms with Crippen molar-refractivity contribution in [3.63, 3.8) is 0 Å². The number of benzene rings is 2. The molecule has 0 radical (unpaired) electrons.